The molecule has 0 spiro atoms. The summed E-state index contributed by atoms with van der Waals surface area (Å²) in [7, 11) is 3.91. The number of aryl methyl sites for hydroxylation is 1. The lowest BCUT2D eigenvalue weighted by molar-refractivity contribution is 0.182. The molecule has 0 atom stereocenters. The average Bonchev–Trinajstić information content (AvgIpc) is 2.66. The van der Waals surface area contributed by atoms with E-state index in [9.17, 15) is 0 Å². The van der Waals surface area contributed by atoms with Gasteiger partial charge in [-0.3, -0.25) is 4.90 Å². The molecule has 3 rings (SSSR count). The number of ether oxygens (including phenoxy) is 1. The zero-order chi connectivity index (χ0) is 18.7. The highest BCUT2D eigenvalue weighted by atomic mass is 79.9. The van der Waals surface area contributed by atoms with Crippen LogP contribution in [0, 0.1) is 6.92 Å². The maximum Gasteiger partial charge on any atom is 0.218 e. The van der Waals surface area contributed by atoms with Gasteiger partial charge in [0.05, 0.1) is 17.8 Å². The van der Waals surface area contributed by atoms with Crippen molar-refractivity contribution in [2.24, 2.45) is 0 Å². The zero-order valence-electron chi connectivity index (χ0n) is 15.7. The molecule has 0 unspecified atom stereocenters. The summed E-state index contributed by atoms with van der Waals surface area (Å²) < 4.78 is 6.53. The van der Waals surface area contributed by atoms with E-state index >= 15 is 0 Å². The first-order valence-electron chi connectivity index (χ1n) is 9.20. The summed E-state index contributed by atoms with van der Waals surface area (Å²) in [5.74, 6) is 0.693. The lowest BCUT2D eigenvalue weighted by atomic mass is 9.94. The third-order valence-electron chi connectivity index (χ3n) is 5.34. The van der Waals surface area contributed by atoms with Crippen LogP contribution in [0.3, 0.4) is 0 Å². The quantitative estimate of drug-likeness (QED) is 0.553. The van der Waals surface area contributed by atoms with Crippen molar-refractivity contribution in [1.29, 1.82) is 0 Å². The summed E-state index contributed by atoms with van der Waals surface area (Å²) in [6.45, 7) is 2.99. The van der Waals surface area contributed by atoms with Crippen LogP contribution in [0.4, 0.5) is 0 Å². The first-order valence-corrected chi connectivity index (χ1v) is 10.4. The van der Waals surface area contributed by atoms with E-state index in [1.165, 1.54) is 37.7 Å². The molecule has 1 aromatic heterocycles. The van der Waals surface area contributed by atoms with Gasteiger partial charge in [0.1, 0.15) is 0 Å². The van der Waals surface area contributed by atoms with Gasteiger partial charge in [-0.25, -0.2) is 4.98 Å². The van der Waals surface area contributed by atoms with E-state index in [0.29, 0.717) is 16.9 Å². The number of nitrogens with zero attached hydrogens (tertiary/aromatic N) is 2. The fourth-order valence-electron chi connectivity index (χ4n) is 3.77. The lowest BCUT2D eigenvalue weighted by Crippen LogP contribution is -2.33. The number of methoxy groups -OCH3 is 1. The lowest BCUT2D eigenvalue weighted by Gasteiger charge is -2.31. The summed E-state index contributed by atoms with van der Waals surface area (Å²) in [6, 6.07) is 8.66. The Balaban J connectivity index is 1.91. The van der Waals surface area contributed by atoms with Gasteiger partial charge in [-0.05, 0) is 60.4 Å². The molecule has 0 saturated heterocycles. The minimum Gasteiger partial charge on any atom is -0.481 e. The molecule has 0 N–H and O–H groups in total. The molecule has 1 heterocycles. The van der Waals surface area contributed by atoms with Crippen molar-refractivity contribution in [3.8, 4) is 17.1 Å². The molecule has 0 radical (unpaired) electrons. The van der Waals surface area contributed by atoms with Gasteiger partial charge in [-0.15, -0.1) is 0 Å². The molecule has 0 amide bonds. The minimum absolute atomic E-state index is 0.659. The normalized spacial score (nSPS) is 15.5. The van der Waals surface area contributed by atoms with Gasteiger partial charge in [0, 0.05) is 28.2 Å². The van der Waals surface area contributed by atoms with E-state index in [2.05, 4.69) is 40.9 Å². The molecular formula is C21H26BrClN2O. The van der Waals surface area contributed by atoms with Gasteiger partial charge >= 0.3 is 0 Å². The molecule has 140 valence electrons. The van der Waals surface area contributed by atoms with Crippen LogP contribution in [0.15, 0.2) is 28.7 Å². The largest absolute Gasteiger partial charge is 0.481 e. The molecule has 1 aromatic carbocycles. The fourth-order valence-corrected chi connectivity index (χ4v) is 4.36. The predicted molar refractivity (Wildman–Crippen MR) is 112 cm³/mol. The van der Waals surface area contributed by atoms with Crippen LogP contribution in [0.1, 0.15) is 43.2 Å². The third kappa shape index (κ3) is 4.24. The molecule has 1 saturated carbocycles. The van der Waals surface area contributed by atoms with Crippen molar-refractivity contribution in [3.05, 3.63) is 44.9 Å². The van der Waals surface area contributed by atoms with Gasteiger partial charge < -0.3 is 4.74 Å². The van der Waals surface area contributed by atoms with E-state index in [0.717, 1.165) is 27.8 Å². The molecule has 26 heavy (non-hydrogen) atoms. The summed E-state index contributed by atoms with van der Waals surface area (Å²) in [5, 5.41) is 0.675. The van der Waals surface area contributed by atoms with Crippen LogP contribution >= 0.6 is 27.5 Å². The van der Waals surface area contributed by atoms with Crippen molar-refractivity contribution >= 4 is 27.5 Å². The molecule has 0 aliphatic heterocycles. The Morgan fingerprint density at radius 1 is 1.27 bits per heavy atom. The van der Waals surface area contributed by atoms with Crippen LogP contribution in [0.25, 0.3) is 11.3 Å². The SMILES string of the molecule is COc1nc(-c2cccc(Br)c2Cl)cc(C)c1CN(C)C1CCCCC1. The van der Waals surface area contributed by atoms with Gasteiger partial charge in [0.15, 0.2) is 0 Å². The summed E-state index contributed by atoms with van der Waals surface area (Å²) in [5.41, 5.74) is 4.10. The number of pyridine rings is 1. The predicted octanol–water partition coefficient (Wildman–Crippen LogP) is 6.25. The molecule has 1 aliphatic rings. The highest BCUT2D eigenvalue weighted by molar-refractivity contribution is 9.10. The number of benzene rings is 1. The molecule has 1 fully saturated rings. The number of aromatic nitrogens is 1. The third-order valence-corrected chi connectivity index (χ3v) is 6.63. The second-order valence-electron chi connectivity index (χ2n) is 7.12. The van der Waals surface area contributed by atoms with Crippen molar-refractivity contribution in [2.75, 3.05) is 14.2 Å². The zero-order valence-corrected chi connectivity index (χ0v) is 18.0. The Labute approximate surface area is 169 Å². The number of hydrogen-bond donors (Lipinski definition) is 0. The maximum atomic E-state index is 6.47. The molecule has 2 aromatic rings. The van der Waals surface area contributed by atoms with Crippen molar-refractivity contribution in [1.82, 2.24) is 9.88 Å². The topological polar surface area (TPSA) is 25.4 Å². The Bertz CT molecular complexity index is 775. The Kier molecular flexibility index (Phi) is 6.60. The van der Waals surface area contributed by atoms with Crippen molar-refractivity contribution in [3.63, 3.8) is 0 Å². The summed E-state index contributed by atoms with van der Waals surface area (Å²) in [4.78, 5) is 7.22. The van der Waals surface area contributed by atoms with Gasteiger partial charge in [-0.1, -0.05) is 43.0 Å². The fraction of sp³-hybridized carbons (Fsp3) is 0.476. The Hall–Kier alpha value is -1.10. The van der Waals surface area contributed by atoms with Gasteiger partial charge in [0.2, 0.25) is 5.88 Å². The number of hydrogen-bond acceptors (Lipinski definition) is 3. The van der Waals surface area contributed by atoms with Crippen LogP contribution < -0.4 is 4.74 Å². The van der Waals surface area contributed by atoms with Gasteiger partial charge in [-0.2, -0.15) is 0 Å². The van der Waals surface area contributed by atoms with E-state index < -0.39 is 0 Å². The van der Waals surface area contributed by atoms with Gasteiger partial charge in [0.25, 0.3) is 0 Å². The Morgan fingerprint density at radius 2 is 2.00 bits per heavy atom. The molecular weight excluding hydrogens is 412 g/mol. The highest BCUT2D eigenvalue weighted by Gasteiger charge is 2.21. The molecule has 5 heteroatoms. The summed E-state index contributed by atoms with van der Waals surface area (Å²) >= 11 is 9.96. The van der Waals surface area contributed by atoms with E-state index in [4.69, 9.17) is 21.3 Å². The van der Waals surface area contributed by atoms with Crippen molar-refractivity contribution in [2.45, 2.75) is 51.6 Å². The molecule has 0 bridgehead atoms. The number of halogens is 2. The first kappa shape index (κ1) is 19.7. The monoisotopic (exact) mass is 436 g/mol. The Morgan fingerprint density at radius 3 is 2.69 bits per heavy atom. The van der Waals surface area contributed by atoms with E-state index in [1.54, 1.807) is 7.11 Å². The molecule has 3 nitrogen and oxygen atoms in total. The number of rotatable bonds is 5. The van der Waals surface area contributed by atoms with Crippen LogP contribution in [0.5, 0.6) is 5.88 Å². The molecule has 1 aliphatic carbocycles. The van der Waals surface area contributed by atoms with Crippen LogP contribution in [-0.4, -0.2) is 30.1 Å². The second-order valence-corrected chi connectivity index (χ2v) is 8.35. The first-order chi connectivity index (χ1) is 12.5. The highest BCUT2D eigenvalue weighted by Crippen LogP contribution is 2.35. The minimum atomic E-state index is 0.659. The second kappa shape index (κ2) is 8.73. The van der Waals surface area contributed by atoms with Crippen molar-refractivity contribution < 1.29 is 4.74 Å². The standard InChI is InChI=1S/C21H26BrClN2O/c1-14-12-19(16-10-7-11-18(22)20(16)23)24-21(26-3)17(14)13-25(2)15-8-5-4-6-9-15/h7,10-12,15H,4-6,8-9,13H2,1-3H3. The van der Waals surface area contributed by atoms with Crippen LogP contribution in [0.2, 0.25) is 5.02 Å². The van der Waals surface area contributed by atoms with E-state index in [1.807, 2.05) is 18.2 Å². The summed E-state index contributed by atoms with van der Waals surface area (Å²) in [6.07, 6.45) is 6.62. The average molecular weight is 438 g/mol. The van der Waals surface area contributed by atoms with E-state index in [-0.39, 0.29) is 0 Å². The van der Waals surface area contributed by atoms with Crippen LogP contribution in [-0.2, 0) is 6.54 Å². The maximum absolute atomic E-state index is 6.47. The smallest absolute Gasteiger partial charge is 0.218 e.